The van der Waals surface area contributed by atoms with Crippen molar-refractivity contribution in [1.29, 1.82) is 0 Å². The van der Waals surface area contributed by atoms with Gasteiger partial charge in [-0.2, -0.15) is 0 Å². The van der Waals surface area contributed by atoms with Gasteiger partial charge in [0.25, 0.3) is 0 Å². The summed E-state index contributed by atoms with van der Waals surface area (Å²) in [7, 11) is 4.05. The Bertz CT molecular complexity index is 292. The van der Waals surface area contributed by atoms with Crippen molar-refractivity contribution in [3.8, 4) is 0 Å². The molecule has 1 aliphatic rings. The summed E-state index contributed by atoms with van der Waals surface area (Å²) in [6.45, 7) is 11.3. The fraction of sp³-hybridized carbons (Fsp3) is 0.938. The molecule has 1 rings (SSSR count). The number of nitrogens with zero attached hydrogens (tertiary/aromatic N) is 3. The average Bonchev–Trinajstić information content (AvgIpc) is 2.91. The lowest BCUT2D eigenvalue weighted by Crippen LogP contribution is -2.46. The van der Waals surface area contributed by atoms with Crippen molar-refractivity contribution in [1.82, 2.24) is 15.1 Å². The molecule has 0 radical (unpaired) electrons. The highest BCUT2D eigenvalue weighted by Gasteiger charge is 2.24. The molecule has 0 aromatic carbocycles. The van der Waals surface area contributed by atoms with Gasteiger partial charge in [0.1, 0.15) is 0 Å². The minimum atomic E-state index is 0. The van der Waals surface area contributed by atoms with Gasteiger partial charge in [0.2, 0.25) is 0 Å². The number of likely N-dealkylation sites (N-methyl/N-ethyl adjacent to an activating group) is 2. The molecule has 4 nitrogen and oxygen atoms in total. The highest BCUT2D eigenvalue weighted by molar-refractivity contribution is 14.0. The normalized spacial score (nSPS) is 19.7. The maximum Gasteiger partial charge on any atom is 0.193 e. The summed E-state index contributed by atoms with van der Waals surface area (Å²) < 4.78 is 0. The molecule has 0 saturated carbocycles. The lowest BCUT2D eigenvalue weighted by atomic mass is 10.0. The number of rotatable bonds is 7. The van der Waals surface area contributed by atoms with Crippen LogP contribution in [0.3, 0.4) is 0 Å². The minimum absolute atomic E-state index is 0. The van der Waals surface area contributed by atoms with Gasteiger partial charge < -0.3 is 10.2 Å². The molecule has 5 heteroatoms. The number of aliphatic imine (C=N–C) groups is 1. The molecule has 0 spiro atoms. The first-order valence-corrected chi connectivity index (χ1v) is 8.31. The van der Waals surface area contributed by atoms with E-state index in [1.165, 1.54) is 32.2 Å². The van der Waals surface area contributed by atoms with Crippen molar-refractivity contribution in [2.24, 2.45) is 10.9 Å². The predicted molar refractivity (Wildman–Crippen MR) is 104 cm³/mol. The van der Waals surface area contributed by atoms with Gasteiger partial charge in [0, 0.05) is 33.2 Å². The van der Waals surface area contributed by atoms with Crippen molar-refractivity contribution in [2.45, 2.75) is 52.5 Å². The van der Waals surface area contributed by atoms with Crippen molar-refractivity contribution in [3.05, 3.63) is 0 Å². The monoisotopic (exact) mass is 410 g/mol. The summed E-state index contributed by atoms with van der Waals surface area (Å²) in [5, 5.41) is 3.54. The average molecular weight is 410 g/mol. The molecule has 1 saturated heterocycles. The molecule has 0 bridgehead atoms. The molecule has 1 unspecified atom stereocenters. The van der Waals surface area contributed by atoms with Crippen LogP contribution in [0.4, 0.5) is 0 Å². The molecular formula is C16H35IN4. The molecule has 1 fully saturated rings. The highest BCUT2D eigenvalue weighted by atomic mass is 127. The lowest BCUT2D eigenvalue weighted by Gasteiger charge is -2.30. The number of nitrogens with one attached hydrogen (secondary N) is 1. The van der Waals surface area contributed by atoms with Crippen LogP contribution in [0, 0.1) is 5.92 Å². The largest absolute Gasteiger partial charge is 0.356 e. The Kier molecular flexibility index (Phi) is 11.5. The predicted octanol–water partition coefficient (Wildman–Crippen LogP) is 3.03. The SMILES string of the molecule is CCC(CC)CNC(=NC)N(C)CC1CCCN1CC.I. The Hall–Kier alpha value is -0.0400. The van der Waals surface area contributed by atoms with E-state index in [1.54, 1.807) is 0 Å². The van der Waals surface area contributed by atoms with E-state index in [1.807, 2.05) is 7.05 Å². The first-order valence-electron chi connectivity index (χ1n) is 8.31. The van der Waals surface area contributed by atoms with Gasteiger partial charge in [0.15, 0.2) is 5.96 Å². The molecule has 0 aromatic heterocycles. The number of halogens is 1. The lowest BCUT2D eigenvalue weighted by molar-refractivity contribution is 0.232. The third-order valence-corrected chi connectivity index (χ3v) is 4.67. The molecule has 0 amide bonds. The molecule has 1 atom stereocenters. The van der Waals surface area contributed by atoms with Gasteiger partial charge in [-0.05, 0) is 31.8 Å². The van der Waals surface area contributed by atoms with Crippen LogP contribution in [0.25, 0.3) is 0 Å². The van der Waals surface area contributed by atoms with E-state index in [0.29, 0.717) is 6.04 Å². The van der Waals surface area contributed by atoms with Crippen molar-refractivity contribution in [2.75, 3.05) is 40.3 Å². The number of guanidine groups is 1. The Balaban J connectivity index is 0.00000400. The second kappa shape index (κ2) is 11.5. The molecule has 1 aliphatic heterocycles. The molecule has 0 aliphatic carbocycles. The number of hydrogen-bond acceptors (Lipinski definition) is 2. The number of likely N-dealkylation sites (tertiary alicyclic amines) is 1. The second-order valence-corrected chi connectivity index (χ2v) is 5.92. The van der Waals surface area contributed by atoms with Gasteiger partial charge in [-0.1, -0.05) is 33.6 Å². The van der Waals surface area contributed by atoms with E-state index < -0.39 is 0 Å². The van der Waals surface area contributed by atoms with Crippen molar-refractivity contribution >= 4 is 29.9 Å². The molecular weight excluding hydrogens is 375 g/mol. The van der Waals surface area contributed by atoms with Gasteiger partial charge in [0.05, 0.1) is 0 Å². The minimum Gasteiger partial charge on any atom is -0.356 e. The van der Waals surface area contributed by atoms with E-state index in [-0.39, 0.29) is 24.0 Å². The molecule has 1 N–H and O–H groups in total. The van der Waals surface area contributed by atoms with Crippen LogP contribution >= 0.6 is 24.0 Å². The van der Waals surface area contributed by atoms with Crippen molar-refractivity contribution in [3.63, 3.8) is 0 Å². The highest BCUT2D eigenvalue weighted by Crippen LogP contribution is 2.17. The molecule has 21 heavy (non-hydrogen) atoms. The quantitative estimate of drug-likeness (QED) is 0.398. The Morgan fingerprint density at radius 2 is 2.00 bits per heavy atom. The molecule has 0 aromatic rings. The molecule has 1 heterocycles. The summed E-state index contributed by atoms with van der Waals surface area (Å²) in [5.74, 6) is 1.79. The smallest absolute Gasteiger partial charge is 0.193 e. The van der Waals surface area contributed by atoms with E-state index in [9.17, 15) is 0 Å². The fourth-order valence-corrected chi connectivity index (χ4v) is 3.12. The van der Waals surface area contributed by atoms with Crippen LogP contribution in [0.15, 0.2) is 4.99 Å². The van der Waals surface area contributed by atoms with E-state index in [4.69, 9.17) is 0 Å². The second-order valence-electron chi connectivity index (χ2n) is 5.92. The van der Waals surface area contributed by atoms with Gasteiger partial charge in [-0.3, -0.25) is 9.89 Å². The maximum atomic E-state index is 4.43. The van der Waals surface area contributed by atoms with Crippen LogP contribution in [0.1, 0.15) is 46.5 Å². The van der Waals surface area contributed by atoms with Crippen LogP contribution in [-0.2, 0) is 0 Å². The zero-order chi connectivity index (χ0) is 15.0. The Labute approximate surface area is 148 Å². The van der Waals surface area contributed by atoms with Gasteiger partial charge in [-0.25, -0.2) is 0 Å². The summed E-state index contributed by atoms with van der Waals surface area (Å²) >= 11 is 0. The zero-order valence-electron chi connectivity index (χ0n) is 14.6. The van der Waals surface area contributed by atoms with Crippen LogP contribution in [0.2, 0.25) is 0 Å². The van der Waals surface area contributed by atoms with Crippen LogP contribution < -0.4 is 5.32 Å². The van der Waals surface area contributed by atoms with Gasteiger partial charge in [-0.15, -0.1) is 24.0 Å². The first kappa shape index (κ1) is 21.0. The van der Waals surface area contributed by atoms with E-state index in [2.05, 4.69) is 47.9 Å². The summed E-state index contributed by atoms with van der Waals surface area (Å²) in [5.41, 5.74) is 0. The topological polar surface area (TPSA) is 30.9 Å². The summed E-state index contributed by atoms with van der Waals surface area (Å²) in [4.78, 5) is 9.32. The van der Waals surface area contributed by atoms with Crippen LogP contribution in [-0.4, -0.2) is 62.1 Å². The van der Waals surface area contributed by atoms with Gasteiger partial charge >= 0.3 is 0 Å². The summed E-state index contributed by atoms with van der Waals surface area (Å²) in [6, 6.07) is 0.691. The zero-order valence-corrected chi connectivity index (χ0v) is 16.9. The molecule has 126 valence electrons. The summed E-state index contributed by atoms with van der Waals surface area (Å²) in [6.07, 6.45) is 5.13. The Morgan fingerprint density at radius 1 is 1.33 bits per heavy atom. The van der Waals surface area contributed by atoms with E-state index in [0.717, 1.165) is 31.5 Å². The first-order chi connectivity index (χ1) is 9.65. The maximum absolute atomic E-state index is 4.43. The Morgan fingerprint density at radius 3 is 2.52 bits per heavy atom. The van der Waals surface area contributed by atoms with Crippen LogP contribution in [0.5, 0.6) is 0 Å². The number of hydrogen-bond donors (Lipinski definition) is 1. The standard InChI is InChI=1S/C16H34N4.HI/c1-6-14(7-2)12-18-16(17-4)19(5)13-15-10-9-11-20(15)8-3;/h14-15H,6-13H2,1-5H3,(H,17,18);1H. The fourth-order valence-electron chi connectivity index (χ4n) is 3.12. The van der Waals surface area contributed by atoms with Crippen molar-refractivity contribution < 1.29 is 0 Å². The third-order valence-electron chi connectivity index (χ3n) is 4.67. The third kappa shape index (κ3) is 6.72. The van der Waals surface area contributed by atoms with E-state index >= 15 is 0 Å².